The van der Waals surface area contributed by atoms with Crippen molar-refractivity contribution in [3.05, 3.63) is 0 Å². The number of carbonyl (C=O) groups excluding carboxylic acids is 1. The first-order chi connectivity index (χ1) is 4.33. The van der Waals surface area contributed by atoms with E-state index in [1.165, 1.54) is 6.92 Å². The average Bonchev–Trinajstić information content (AvgIpc) is 1.60. The highest BCUT2D eigenvalue weighted by atomic mass is 32.2. The minimum Gasteiger partial charge on any atom is -0.368 e. The Morgan fingerprint density at radius 3 is 2.10 bits per heavy atom. The smallest absolute Gasteiger partial charge is 0.235 e. The molecule has 0 saturated heterocycles. The summed E-state index contributed by atoms with van der Waals surface area (Å²) in [6.45, 7) is 1.38. The second kappa shape index (κ2) is 2.98. The van der Waals surface area contributed by atoms with Gasteiger partial charge in [-0.05, 0) is 6.92 Å². The molecular formula is C4H10N2O3S. The SMILES string of the molecule is C[C@H](NS(C)(=O)=O)C(N)=O. The molecule has 10 heavy (non-hydrogen) atoms. The molecule has 0 fully saturated rings. The number of carbonyl (C=O) groups is 1. The molecule has 5 nitrogen and oxygen atoms in total. The largest absolute Gasteiger partial charge is 0.368 e. The maximum absolute atomic E-state index is 10.4. The van der Waals surface area contributed by atoms with Gasteiger partial charge in [-0.2, -0.15) is 0 Å². The van der Waals surface area contributed by atoms with E-state index < -0.39 is 22.0 Å². The van der Waals surface area contributed by atoms with E-state index in [0.717, 1.165) is 6.26 Å². The molecule has 0 saturated carbocycles. The van der Waals surface area contributed by atoms with E-state index in [9.17, 15) is 13.2 Å². The number of nitrogens with one attached hydrogen (secondary N) is 1. The first-order valence-electron chi connectivity index (χ1n) is 2.59. The summed E-state index contributed by atoms with van der Waals surface area (Å²) in [6, 6.07) is -0.838. The van der Waals surface area contributed by atoms with E-state index in [0.29, 0.717) is 0 Å². The minimum absolute atomic E-state index is 0.689. The van der Waals surface area contributed by atoms with E-state index in [1.807, 2.05) is 4.72 Å². The quantitative estimate of drug-likeness (QED) is 0.529. The third kappa shape index (κ3) is 4.28. The van der Waals surface area contributed by atoms with Gasteiger partial charge in [-0.3, -0.25) is 4.79 Å². The van der Waals surface area contributed by atoms with Crippen molar-refractivity contribution in [2.45, 2.75) is 13.0 Å². The van der Waals surface area contributed by atoms with Crippen LogP contribution >= 0.6 is 0 Å². The van der Waals surface area contributed by atoms with Crippen LogP contribution in [0.4, 0.5) is 0 Å². The number of hydrogen-bond acceptors (Lipinski definition) is 3. The van der Waals surface area contributed by atoms with E-state index in [4.69, 9.17) is 5.73 Å². The third-order valence-electron chi connectivity index (χ3n) is 0.818. The van der Waals surface area contributed by atoms with Crippen LogP contribution in [0, 0.1) is 0 Å². The van der Waals surface area contributed by atoms with Crippen LogP contribution in [-0.4, -0.2) is 26.6 Å². The summed E-state index contributed by atoms with van der Waals surface area (Å²) in [5.41, 5.74) is 4.78. The number of primary amides is 1. The first-order valence-corrected chi connectivity index (χ1v) is 4.48. The molecule has 1 amide bonds. The van der Waals surface area contributed by atoms with E-state index >= 15 is 0 Å². The molecule has 0 heterocycles. The van der Waals surface area contributed by atoms with Gasteiger partial charge in [-0.15, -0.1) is 0 Å². The van der Waals surface area contributed by atoms with Crippen LogP contribution in [0.5, 0.6) is 0 Å². The Morgan fingerprint density at radius 2 is 2.00 bits per heavy atom. The third-order valence-corrected chi connectivity index (χ3v) is 1.60. The fourth-order valence-electron chi connectivity index (χ4n) is 0.379. The lowest BCUT2D eigenvalue weighted by Crippen LogP contribution is -2.41. The minimum atomic E-state index is -3.32. The monoisotopic (exact) mass is 166 g/mol. The van der Waals surface area contributed by atoms with Gasteiger partial charge in [-0.25, -0.2) is 13.1 Å². The molecule has 1 atom stereocenters. The van der Waals surface area contributed by atoms with Crippen LogP contribution in [0.25, 0.3) is 0 Å². The Hall–Kier alpha value is -0.620. The topological polar surface area (TPSA) is 89.3 Å². The van der Waals surface area contributed by atoms with Crippen LogP contribution < -0.4 is 10.5 Å². The van der Waals surface area contributed by atoms with Gasteiger partial charge in [0, 0.05) is 0 Å². The van der Waals surface area contributed by atoms with Gasteiger partial charge in [0.1, 0.15) is 0 Å². The summed E-state index contributed by atoms with van der Waals surface area (Å²) in [5, 5.41) is 0. The van der Waals surface area contributed by atoms with Crippen molar-refractivity contribution in [1.82, 2.24) is 4.72 Å². The molecule has 0 unspecified atom stereocenters. The highest BCUT2D eigenvalue weighted by Crippen LogP contribution is 1.82. The number of nitrogens with two attached hydrogens (primary N) is 1. The predicted molar refractivity (Wildman–Crippen MR) is 36.6 cm³/mol. The summed E-state index contributed by atoms with van der Waals surface area (Å²) < 4.78 is 22.9. The second-order valence-electron chi connectivity index (χ2n) is 2.01. The lowest BCUT2D eigenvalue weighted by molar-refractivity contribution is -0.119. The average molecular weight is 166 g/mol. The summed E-state index contributed by atoms with van der Waals surface area (Å²) in [4.78, 5) is 10.3. The van der Waals surface area contributed by atoms with Gasteiger partial charge in [0.2, 0.25) is 15.9 Å². The Labute approximate surface area is 59.6 Å². The van der Waals surface area contributed by atoms with Crippen molar-refractivity contribution in [2.75, 3.05) is 6.26 Å². The lowest BCUT2D eigenvalue weighted by atomic mass is 10.4. The van der Waals surface area contributed by atoms with Crippen molar-refractivity contribution in [2.24, 2.45) is 5.73 Å². The molecule has 0 aliphatic carbocycles. The van der Waals surface area contributed by atoms with Gasteiger partial charge < -0.3 is 5.73 Å². The predicted octanol–water partition coefficient (Wildman–Crippen LogP) is -1.59. The first kappa shape index (κ1) is 9.38. The van der Waals surface area contributed by atoms with E-state index in [-0.39, 0.29) is 0 Å². The van der Waals surface area contributed by atoms with Crippen molar-refractivity contribution in [3.8, 4) is 0 Å². The molecule has 0 radical (unpaired) electrons. The van der Waals surface area contributed by atoms with Crippen LogP contribution in [-0.2, 0) is 14.8 Å². The fraction of sp³-hybridized carbons (Fsp3) is 0.750. The van der Waals surface area contributed by atoms with Crippen molar-refractivity contribution < 1.29 is 13.2 Å². The zero-order valence-corrected chi connectivity index (χ0v) is 6.60. The Balaban J connectivity index is 4.06. The van der Waals surface area contributed by atoms with Crippen LogP contribution in [0.15, 0.2) is 0 Å². The van der Waals surface area contributed by atoms with Gasteiger partial charge in [0.25, 0.3) is 0 Å². The summed E-state index contributed by atoms with van der Waals surface area (Å²) in [5.74, 6) is -0.689. The molecule has 0 spiro atoms. The molecule has 0 aliphatic rings. The Bertz CT molecular complexity index is 221. The second-order valence-corrected chi connectivity index (χ2v) is 3.79. The van der Waals surface area contributed by atoms with Gasteiger partial charge in [-0.1, -0.05) is 0 Å². The molecule has 6 heteroatoms. The standard InChI is InChI=1S/C4H10N2O3S/c1-3(4(5)7)6-10(2,8)9/h3,6H,1-2H3,(H2,5,7)/t3-/m0/s1. The lowest BCUT2D eigenvalue weighted by Gasteiger charge is -2.05. The van der Waals surface area contributed by atoms with Crippen molar-refractivity contribution >= 4 is 15.9 Å². The molecule has 0 aliphatic heterocycles. The van der Waals surface area contributed by atoms with Gasteiger partial charge >= 0.3 is 0 Å². The van der Waals surface area contributed by atoms with Crippen LogP contribution in [0.1, 0.15) is 6.92 Å². The normalized spacial score (nSPS) is 14.6. The maximum atomic E-state index is 10.4. The molecular weight excluding hydrogens is 156 g/mol. The summed E-state index contributed by atoms with van der Waals surface area (Å²) in [7, 11) is -3.32. The van der Waals surface area contributed by atoms with E-state index in [1.54, 1.807) is 0 Å². The number of rotatable bonds is 3. The zero-order chi connectivity index (χ0) is 8.36. The molecule has 3 N–H and O–H groups in total. The molecule has 0 rings (SSSR count). The Kier molecular flexibility index (Phi) is 2.79. The summed E-state index contributed by atoms with van der Waals surface area (Å²) >= 11 is 0. The Morgan fingerprint density at radius 1 is 1.60 bits per heavy atom. The molecule has 0 aromatic carbocycles. The van der Waals surface area contributed by atoms with Crippen molar-refractivity contribution in [3.63, 3.8) is 0 Å². The zero-order valence-electron chi connectivity index (χ0n) is 5.79. The van der Waals surface area contributed by atoms with Gasteiger partial charge in [0.15, 0.2) is 0 Å². The van der Waals surface area contributed by atoms with Crippen LogP contribution in [0.3, 0.4) is 0 Å². The maximum Gasteiger partial charge on any atom is 0.235 e. The summed E-state index contributed by atoms with van der Waals surface area (Å²) in [6.07, 6.45) is 0.965. The number of amides is 1. The molecule has 0 bridgehead atoms. The highest BCUT2D eigenvalue weighted by Gasteiger charge is 2.12. The fourth-order valence-corrected chi connectivity index (χ4v) is 1.14. The molecule has 0 aromatic rings. The highest BCUT2D eigenvalue weighted by molar-refractivity contribution is 7.88. The van der Waals surface area contributed by atoms with Gasteiger partial charge in [0.05, 0.1) is 12.3 Å². The van der Waals surface area contributed by atoms with E-state index in [2.05, 4.69) is 0 Å². The number of hydrogen-bond donors (Lipinski definition) is 2. The van der Waals surface area contributed by atoms with Crippen molar-refractivity contribution in [1.29, 1.82) is 0 Å². The number of sulfonamides is 1. The molecule has 0 aromatic heterocycles. The molecule has 60 valence electrons. The van der Waals surface area contributed by atoms with Crippen LogP contribution in [0.2, 0.25) is 0 Å².